The Morgan fingerprint density at radius 2 is 1.74 bits per heavy atom. The molecule has 250 valence electrons. The second-order valence-electron chi connectivity index (χ2n) is 12.7. The van der Waals surface area contributed by atoms with Gasteiger partial charge in [-0.2, -0.15) is 4.98 Å². The maximum atomic E-state index is 13.0. The monoisotopic (exact) mass is 671 g/mol. The molecule has 0 bridgehead atoms. The van der Waals surface area contributed by atoms with Crippen molar-refractivity contribution in [2.45, 2.75) is 83.5 Å². The number of sulfone groups is 1. The van der Waals surface area contributed by atoms with Gasteiger partial charge in [-0.05, 0) is 108 Å². The number of carbonyl (C=O) groups is 1. The Balaban J connectivity index is 1.53. The number of hydrogen-bond donors (Lipinski definition) is 2. The predicted molar refractivity (Wildman–Crippen MR) is 184 cm³/mol. The van der Waals surface area contributed by atoms with E-state index in [0.29, 0.717) is 42.1 Å². The van der Waals surface area contributed by atoms with E-state index in [1.165, 1.54) is 11.8 Å². The fourth-order valence-electron chi connectivity index (χ4n) is 5.32. The summed E-state index contributed by atoms with van der Waals surface area (Å²) in [6.45, 7) is 15.8. The molecule has 10 nitrogen and oxygen atoms in total. The first kappa shape index (κ1) is 35.4. The van der Waals surface area contributed by atoms with E-state index >= 15 is 0 Å². The second kappa shape index (κ2) is 15.5. The molecule has 46 heavy (non-hydrogen) atoms. The first-order valence-electron chi connectivity index (χ1n) is 15.8. The molecule has 0 aliphatic carbocycles. The number of piperidine rings is 1. The van der Waals surface area contributed by atoms with E-state index in [4.69, 9.17) is 21.1 Å². The summed E-state index contributed by atoms with van der Waals surface area (Å²) in [6, 6.07) is 10.8. The summed E-state index contributed by atoms with van der Waals surface area (Å²) in [5.74, 6) is 1.70. The molecule has 2 N–H and O–H groups in total. The Morgan fingerprint density at radius 3 is 2.39 bits per heavy atom. The normalized spacial score (nSPS) is 14.6. The van der Waals surface area contributed by atoms with E-state index in [2.05, 4.69) is 38.5 Å². The smallest absolute Gasteiger partial charge is 0.320 e. The number of hydrogen-bond acceptors (Lipinski definition) is 10. The Hall–Kier alpha value is -3.41. The summed E-state index contributed by atoms with van der Waals surface area (Å²) in [5, 5.41) is 6.04. The van der Waals surface area contributed by atoms with E-state index in [1.54, 1.807) is 38.1 Å². The van der Waals surface area contributed by atoms with Crippen molar-refractivity contribution < 1.29 is 22.7 Å². The Morgan fingerprint density at radius 1 is 1.04 bits per heavy atom. The molecule has 4 rings (SSSR count). The minimum atomic E-state index is -3.55. The molecule has 0 saturated carbocycles. The Labute approximate surface area is 278 Å². The zero-order valence-corrected chi connectivity index (χ0v) is 29.3. The SMILES string of the molecule is Cc1cc(Nc2ncc(Cl)c(Nc3ccccc3S(=O)(=O)C(C)C)n2)c(OC(C)C)cc1C1CCN(CC(=O)OCC(C)C)CC1. The van der Waals surface area contributed by atoms with Gasteiger partial charge in [0.25, 0.3) is 0 Å². The van der Waals surface area contributed by atoms with E-state index in [9.17, 15) is 13.2 Å². The Kier molecular flexibility index (Phi) is 11.9. The number of carbonyl (C=O) groups excluding carboxylic acids is 1. The van der Waals surface area contributed by atoms with Crippen molar-refractivity contribution >= 4 is 50.5 Å². The number of esters is 1. The molecule has 3 aromatic rings. The zero-order chi connectivity index (χ0) is 33.6. The van der Waals surface area contributed by atoms with Crippen LogP contribution in [0.3, 0.4) is 0 Å². The Bertz CT molecular complexity index is 1620. The molecular weight excluding hydrogens is 626 g/mol. The van der Waals surface area contributed by atoms with Crippen LogP contribution in [0.5, 0.6) is 5.75 Å². The predicted octanol–water partition coefficient (Wildman–Crippen LogP) is 7.27. The highest BCUT2D eigenvalue weighted by Gasteiger charge is 2.26. The van der Waals surface area contributed by atoms with Crippen molar-refractivity contribution in [3.8, 4) is 5.75 Å². The lowest BCUT2D eigenvalue weighted by atomic mass is 9.86. The highest BCUT2D eigenvalue weighted by atomic mass is 35.5. The first-order chi connectivity index (χ1) is 21.7. The number of nitrogens with zero attached hydrogens (tertiary/aromatic N) is 3. The van der Waals surface area contributed by atoms with Crippen molar-refractivity contribution in [2.75, 3.05) is 36.9 Å². The van der Waals surface area contributed by atoms with Gasteiger partial charge in [0.1, 0.15) is 10.8 Å². The highest BCUT2D eigenvalue weighted by Crippen LogP contribution is 2.38. The molecule has 0 amide bonds. The molecule has 1 fully saturated rings. The summed E-state index contributed by atoms with van der Waals surface area (Å²) in [5.41, 5.74) is 3.40. The summed E-state index contributed by atoms with van der Waals surface area (Å²) in [6.07, 6.45) is 3.25. The van der Waals surface area contributed by atoms with Crippen molar-refractivity contribution in [3.05, 3.63) is 58.7 Å². The van der Waals surface area contributed by atoms with Crippen molar-refractivity contribution in [3.63, 3.8) is 0 Å². The lowest BCUT2D eigenvalue weighted by molar-refractivity contribution is -0.146. The molecule has 1 saturated heterocycles. The maximum Gasteiger partial charge on any atom is 0.320 e. The number of anilines is 4. The number of nitrogens with one attached hydrogen (secondary N) is 2. The van der Waals surface area contributed by atoms with Gasteiger partial charge in [-0.25, -0.2) is 13.4 Å². The lowest BCUT2D eigenvalue weighted by Crippen LogP contribution is -2.37. The van der Waals surface area contributed by atoms with Gasteiger partial charge in [-0.3, -0.25) is 9.69 Å². The van der Waals surface area contributed by atoms with E-state index < -0.39 is 15.1 Å². The third-order valence-corrected chi connectivity index (χ3v) is 10.2. The molecule has 2 aromatic carbocycles. The lowest BCUT2D eigenvalue weighted by Gasteiger charge is -2.32. The van der Waals surface area contributed by atoms with Gasteiger partial charge in [0, 0.05) is 0 Å². The van der Waals surface area contributed by atoms with Gasteiger partial charge in [0.05, 0.1) is 47.0 Å². The minimum absolute atomic E-state index is 0.0717. The summed E-state index contributed by atoms with van der Waals surface area (Å²) < 4.78 is 37.6. The van der Waals surface area contributed by atoms with E-state index in [-0.39, 0.29) is 33.8 Å². The fraction of sp³-hybridized carbons (Fsp3) is 0.500. The van der Waals surface area contributed by atoms with Gasteiger partial charge in [0.2, 0.25) is 5.95 Å². The number of para-hydroxylation sites is 1. The molecule has 1 aliphatic rings. The third kappa shape index (κ3) is 9.11. The summed E-state index contributed by atoms with van der Waals surface area (Å²) >= 11 is 6.46. The number of aryl methyl sites for hydroxylation is 1. The van der Waals surface area contributed by atoms with Crippen molar-refractivity contribution in [1.82, 2.24) is 14.9 Å². The number of likely N-dealkylation sites (tertiary alicyclic amines) is 1. The number of ether oxygens (including phenoxy) is 2. The molecular formula is C34H46ClN5O5S. The van der Waals surface area contributed by atoms with Crippen LogP contribution in [-0.4, -0.2) is 66.9 Å². The van der Waals surface area contributed by atoms with E-state index in [0.717, 1.165) is 31.5 Å². The maximum absolute atomic E-state index is 13.0. The largest absolute Gasteiger partial charge is 0.489 e. The zero-order valence-electron chi connectivity index (χ0n) is 27.8. The summed E-state index contributed by atoms with van der Waals surface area (Å²) in [4.78, 5) is 23.5. The second-order valence-corrected chi connectivity index (χ2v) is 15.6. The molecule has 1 aromatic heterocycles. The van der Waals surface area contributed by atoms with Crippen molar-refractivity contribution in [2.24, 2.45) is 5.92 Å². The van der Waals surface area contributed by atoms with Crippen LogP contribution >= 0.6 is 11.6 Å². The average Bonchev–Trinajstić information content (AvgIpc) is 2.99. The van der Waals surface area contributed by atoms with Gasteiger partial charge >= 0.3 is 5.97 Å². The fourth-order valence-corrected chi connectivity index (χ4v) is 6.66. The van der Waals surface area contributed by atoms with Crippen LogP contribution in [0.2, 0.25) is 5.02 Å². The van der Waals surface area contributed by atoms with Gasteiger partial charge < -0.3 is 20.1 Å². The number of benzene rings is 2. The molecule has 2 heterocycles. The minimum Gasteiger partial charge on any atom is -0.489 e. The van der Waals surface area contributed by atoms with Crippen LogP contribution in [0.1, 0.15) is 71.4 Å². The third-order valence-electron chi connectivity index (χ3n) is 7.75. The van der Waals surface area contributed by atoms with Crippen LogP contribution < -0.4 is 15.4 Å². The van der Waals surface area contributed by atoms with Gasteiger partial charge in [-0.1, -0.05) is 37.6 Å². The van der Waals surface area contributed by atoms with Crippen LogP contribution in [0.15, 0.2) is 47.5 Å². The highest BCUT2D eigenvalue weighted by molar-refractivity contribution is 7.92. The first-order valence-corrected chi connectivity index (χ1v) is 17.8. The number of rotatable bonds is 13. The summed E-state index contributed by atoms with van der Waals surface area (Å²) in [7, 11) is -3.55. The topological polar surface area (TPSA) is 123 Å². The average molecular weight is 672 g/mol. The van der Waals surface area contributed by atoms with Gasteiger partial charge in [-0.15, -0.1) is 0 Å². The molecule has 1 aliphatic heterocycles. The van der Waals surface area contributed by atoms with Gasteiger partial charge in [0.15, 0.2) is 15.7 Å². The quantitative estimate of drug-likeness (QED) is 0.179. The molecule has 0 radical (unpaired) electrons. The number of halogens is 1. The van der Waals surface area contributed by atoms with Crippen molar-refractivity contribution in [1.29, 1.82) is 0 Å². The van der Waals surface area contributed by atoms with Crippen LogP contribution in [0.25, 0.3) is 0 Å². The molecule has 12 heteroatoms. The standard InChI is InChI=1S/C34H46ClN5O5S/c1-21(2)20-44-32(41)19-40-14-12-25(13-15-40)26-17-30(45-22(3)4)29(16-24(26)7)38-34-36-18-27(35)33(39-34)37-28-10-8-9-11-31(28)46(42,43)23(5)6/h8-11,16-18,21-23,25H,12-15,19-20H2,1-7H3,(H2,36,37,38,39). The van der Waals surface area contributed by atoms with E-state index in [1.807, 2.05) is 33.8 Å². The number of aromatic nitrogens is 2. The van der Waals surface area contributed by atoms with Crippen LogP contribution in [0, 0.1) is 12.8 Å². The molecule has 0 unspecified atom stereocenters. The molecule has 0 spiro atoms. The molecule has 0 atom stereocenters. The van der Waals surface area contributed by atoms with Crippen LogP contribution in [-0.2, 0) is 19.4 Å². The van der Waals surface area contributed by atoms with Crippen LogP contribution in [0.4, 0.5) is 23.1 Å².